The molecule has 0 aliphatic carbocycles. The molecule has 0 aliphatic heterocycles. The number of aliphatic hydroxyl groups excluding tert-OH is 1. The standard InChI is InChI=1S/C14H16F3N3O3/c1-9-12(13(22)18-4-6-23-7-5-21)20-8-10(14(15,16)17)2-3-11(20)19-9/h2-3,8,21H,4-7H2,1H3,(H,18,22). The zero-order valence-electron chi connectivity index (χ0n) is 12.4. The molecule has 0 fully saturated rings. The summed E-state index contributed by atoms with van der Waals surface area (Å²) in [5.74, 6) is -0.540. The van der Waals surface area contributed by atoms with E-state index in [4.69, 9.17) is 9.84 Å². The van der Waals surface area contributed by atoms with E-state index in [0.29, 0.717) is 5.69 Å². The Kier molecular flexibility index (Phi) is 5.22. The molecule has 23 heavy (non-hydrogen) atoms. The van der Waals surface area contributed by atoms with Gasteiger partial charge in [0, 0.05) is 12.7 Å². The van der Waals surface area contributed by atoms with Crippen LogP contribution >= 0.6 is 0 Å². The molecule has 2 N–H and O–H groups in total. The van der Waals surface area contributed by atoms with Gasteiger partial charge in [0.05, 0.1) is 31.1 Å². The molecule has 6 nitrogen and oxygen atoms in total. The van der Waals surface area contributed by atoms with Crippen molar-refractivity contribution in [2.24, 2.45) is 0 Å². The van der Waals surface area contributed by atoms with Crippen LogP contribution in [0.2, 0.25) is 0 Å². The minimum atomic E-state index is -4.50. The molecule has 0 saturated carbocycles. The van der Waals surface area contributed by atoms with Crippen LogP contribution in [0.25, 0.3) is 5.65 Å². The average Bonchev–Trinajstić information content (AvgIpc) is 2.80. The van der Waals surface area contributed by atoms with Crippen LogP contribution in [0.15, 0.2) is 18.3 Å². The molecule has 126 valence electrons. The van der Waals surface area contributed by atoms with E-state index in [9.17, 15) is 18.0 Å². The molecule has 2 aromatic heterocycles. The van der Waals surface area contributed by atoms with Crippen molar-refractivity contribution in [3.63, 3.8) is 0 Å². The topological polar surface area (TPSA) is 75.9 Å². The fourth-order valence-electron chi connectivity index (χ4n) is 2.09. The molecule has 2 heterocycles. The fourth-order valence-corrected chi connectivity index (χ4v) is 2.09. The lowest BCUT2D eigenvalue weighted by molar-refractivity contribution is -0.137. The number of aliphatic hydroxyl groups is 1. The van der Waals surface area contributed by atoms with Crippen LogP contribution in [0.1, 0.15) is 21.7 Å². The summed E-state index contributed by atoms with van der Waals surface area (Å²) in [6.07, 6.45) is -3.65. The maximum Gasteiger partial charge on any atom is 0.417 e. The van der Waals surface area contributed by atoms with Crippen LogP contribution in [0.4, 0.5) is 13.2 Å². The number of ether oxygens (including phenoxy) is 1. The first-order valence-corrected chi connectivity index (χ1v) is 6.87. The quantitative estimate of drug-likeness (QED) is 0.785. The summed E-state index contributed by atoms with van der Waals surface area (Å²) in [4.78, 5) is 16.3. The van der Waals surface area contributed by atoms with Crippen molar-refractivity contribution in [3.05, 3.63) is 35.3 Å². The second kappa shape index (κ2) is 6.97. The van der Waals surface area contributed by atoms with Crippen LogP contribution in [-0.2, 0) is 10.9 Å². The molecule has 0 saturated heterocycles. The molecule has 1 amide bonds. The highest BCUT2D eigenvalue weighted by Gasteiger charge is 2.31. The van der Waals surface area contributed by atoms with E-state index in [1.54, 1.807) is 6.92 Å². The Labute approximate surface area is 129 Å². The number of carbonyl (C=O) groups excluding carboxylic acids is 1. The van der Waals surface area contributed by atoms with Gasteiger partial charge in [-0.3, -0.25) is 9.20 Å². The number of nitrogens with one attached hydrogen (secondary N) is 1. The van der Waals surface area contributed by atoms with Crippen LogP contribution in [0.3, 0.4) is 0 Å². The third-order valence-corrected chi connectivity index (χ3v) is 3.10. The number of hydrogen-bond acceptors (Lipinski definition) is 4. The maximum absolute atomic E-state index is 12.8. The maximum atomic E-state index is 12.8. The van der Waals surface area contributed by atoms with Crippen molar-refractivity contribution >= 4 is 11.6 Å². The molecule has 0 unspecified atom stereocenters. The molecule has 2 rings (SSSR count). The van der Waals surface area contributed by atoms with E-state index in [1.165, 1.54) is 6.07 Å². The van der Waals surface area contributed by atoms with E-state index < -0.39 is 17.6 Å². The number of fused-ring (bicyclic) bond motifs is 1. The molecular weight excluding hydrogens is 315 g/mol. The first kappa shape index (κ1) is 17.2. The zero-order valence-corrected chi connectivity index (χ0v) is 12.4. The Morgan fingerprint density at radius 1 is 1.39 bits per heavy atom. The monoisotopic (exact) mass is 331 g/mol. The second-order valence-electron chi connectivity index (χ2n) is 4.78. The molecule has 2 aromatic rings. The van der Waals surface area contributed by atoms with Crippen LogP contribution < -0.4 is 5.32 Å². The summed E-state index contributed by atoms with van der Waals surface area (Å²) in [7, 11) is 0. The molecular formula is C14H16F3N3O3. The highest BCUT2D eigenvalue weighted by molar-refractivity contribution is 5.94. The minimum absolute atomic E-state index is 0.0493. The molecule has 0 atom stereocenters. The van der Waals surface area contributed by atoms with E-state index >= 15 is 0 Å². The Morgan fingerprint density at radius 3 is 2.78 bits per heavy atom. The van der Waals surface area contributed by atoms with Crippen molar-refractivity contribution < 1.29 is 27.8 Å². The molecule has 0 bridgehead atoms. The van der Waals surface area contributed by atoms with Gasteiger partial charge in [-0.1, -0.05) is 0 Å². The van der Waals surface area contributed by atoms with Crippen LogP contribution in [0, 0.1) is 6.92 Å². The fraction of sp³-hybridized carbons (Fsp3) is 0.429. The summed E-state index contributed by atoms with van der Waals surface area (Å²) in [5, 5.41) is 11.1. The normalized spacial score (nSPS) is 11.9. The SMILES string of the molecule is Cc1nc2ccc(C(F)(F)F)cn2c1C(=O)NCCOCCO. The lowest BCUT2D eigenvalue weighted by atomic mass is 10.2. The first-order chi connectivity index (χ1) is 10.8. The second-order valence-corrected chi connectivity index (χ2v) is 4.78. The number of carbonyl (C=O) groups is 1. The predicted molar refractivity (Wildman–Crippen MR) is 75.2 cm³/mol. The van der Waals surface area contributed by atoms with Crippen LogP contribution in [0.5, 0.6) is 0 Å². The van der Waals surface area contributed by atoms with Crippen molar-refractivity contribution in [2.45, 2.75) is 13.1 Å². The number of rotatable bonds is 6. The number of imidazole rings is 1. The summed E-state index contributed by atoms with van der Waals surface area (Å²) in [6.45, 7) is 1.94. The third kappa shape index (κ3) is 3.99. The van der Waals surface area contributed by atoms with Gasteiger partial charge >= 0.3 is 6.18 Å². The number of hydrogen-bond donors (Lipinski definition) is 2. The highest BCUT2D eigenvalue weighted by atomic mass is 19.4. The van der Waals surface area contributed by atoms with Crippen molar-refractivity contribution in [1.29, 1.82) is 0 Å². The average molecular weight is 331 g/mol. The number of nitrogens with zero attached hydrogens (tertiary/aromatic N) is 2. The number of alkyl halides is 3. The van der Waals surface area contributed by atoms with E-state index in [-0.39, 0.29) is 37.7 Å². The number of aromatic nitrogens is 2. The predicted octanol–water partition coefficient (Wildman–Crippen LogP) is 1.40. The number of amides is 1. The zero-order chi connectivity index (χ0) is 17.0. The lowest BCUT2D eigenvalue weighted by Crippen LogP contribution is -2.29. The Hall–Kier alpha value is -2.13. The van der Waals surface area contributed by atoms with Gasteiger partial charge < -0.3 is 15.2 Å². The summed E-state index contributed by atoms with van der Waals surface area (Å²) in [5.41, 5.74) is -0.216. The van der Waals surface area contributed by atoms with Gasteiger partial charge in [0.15, 0.2) is 0 Å². The highest BCUT2D eigenvalue weighted by Crippen LogP contribution is 2.29. The Bertz CT molecular complexity index is 698. The molecule has 0 spiro atoms. The van der Waals surface area contributed by atoms with Crippen molar-refractivity contribution in [3.8, 4) is 0 Å². The van der Waals surface area contributed by atoms with Gasteiger partial charge in [-0.05, 0) is 19.1 Å². The first-order valence-electron chi connectivity index (χ1n) is 6.87. The summed E-state index contributed by atoms with van der Waals surface area (Å²) < 4.78 is 44.5. The van der Waals surface area contributed by atoms with E-state index in [2.05, 4.69) is 10.3 Å². The van der Waals surface area contributed by atoms with Gasteiger partial charge in [0.1, 0.15) is 11.3 Å². The third-order valence-electron chi connectivity index (χ3n) is 3.10. The summed E-state index contributed by atoms with van der Waals surface area (Å²) >= 11 is 0. The van der Waals surface area contributed by atoms with Gasteiger partial charge in [0.25, 0.3) is 5.91 Å². The number of aryl methyl sites for hydroxylation is 1. The van der Waals surface area contributed by atoms with Crippen molar-refractivity contribution in [2.75, 3.05) is 26.4 Å². The summed E-state index contributed by atoms with van der Waals surface area (Å²) in [6, 6.07) is 2.14. The lowest BCUT2D eigenvalue weighted by Gasteiger charge is -2.09. The van der Waals surface area contributed by atoms with E-state index in [1.807, 2.05) is 0 Å². The Balaban J connectivity index is 2.21. The molecule has 0 aromatic carbocycles. The number of halogens is 3. The smallest absolute Gasteiger partial charge is 0.394 e. The van der Waals surface area contributed by atoms with Crippen LogP contribution in [-0.4, -0.2) is 46.8 Å². The molecule has 9 heteroatoms. The van der Waals surface area contributed by atoms with Crippen molar-refractivity contribution in [1.82, 2.24) is 14.7 Å². The van der Waals surface area contributed by atoms with Gasteiger partial charge in [-0.25, -0.2) is 4.98 Å². The Morgan fingerprint density at radius 2 is 2.13 bits per heavy atom. The van der Waals surface area contributed by atoms with Gasteiger partial charge in [0.2, 0.25) is 0 Å². The molecule has 0 radical (unpaired) electrons. The molecule has 0 aliphatic rings. The van der Waals surface area contributed by atoms with E-state index in [0.717, 1.165) is 16.7 Å². The largest absolute Gasteiger partial charge is 0.417 e. The van der Waals surface area contributed by atoms with Gasteiger partial charge in [-0.2, -0.15) is 13.2 Å². The number of pyridine rings is 1. The van der Waals surface area contributed by atoms with Gasteiger partial charge in [-0.15, -0.1) is 0 Å². The minimum Gasteiger partial charge on any atom is -0.394 e.